The number of nitrogens with zero attached hydrogens (tertiary/aromatic N) is 1. The number of hydrogen-bond acceptors (Lipinski definition) is 5. The van der Waals surface area contributed by atoms with Crippen LogP contribution in [0.15, 0.2) is 36.4 Å². The van der Waals surface area contributed by atoms with E-state index in [1.165, 1.54) is 21.3 Å². The SMILES string of the molecule is COc1cc(C(=O)N2CCC(=O)c3ccccc32)cc(OC)c1OC. The Morgan fingerprint density at radius 3 is 2.24 bits per heavy atom. The quantitative estimate of drug-likeness (QED) is 0.855. The number of carbonyl (C=O) groups excluding carboxylic acids is 2. The zero-order valence-electron chi connectivity index (χ0n) is 14.4. The second-order valence-corrected chi connectivity index (χ2v) is 5.56. The van der Waals surface area contributed by atoms with E-state index in [0.717, 1.165) is 0 Å². The van der Waals surface area contributed by atoms with Gasteiger partial charge in [0.2, 0.25) is 5.75 Å². The number of amides is 1. The van der Waals surface area contributed by atoms with Crippen LogP contribution < -0.4 is 19.1 Å². The zero-order chi connectivity index (χ0) is 18.0. The van der Waals surface area contributed by atoms with Crippen LogP contribution in [0.5, 0.6) is 17.2 Å². The molecule has 1 heterocycles. The summed E-state index contributed by atoms with van der Waals surface area (Å²) < 4.78 is 15.9. The Hall–Kier alpha value is -3.02. The molecule has 0 unspecified atom stereocenters. The summed E-state index contributed by atoms with van der Waals surface area (Å²) in [5, 5.41) is 0. The molecule has 0 aromatic heterocycles. The van der Waals surface area contributed by atoms with Crippen LogP contribution in [-0.2, 0) is 0 Å². The van der Waals surface area contributed by atoms with Crippen LogP contribution in [0, 0.1) is 0 Å². The molecule has 0 fully saturated rings. The van der Waals surface area contributed by atoms with Gasteiger partial charge in [0.25, 0.3) is 5.91 Å². The van der Waals surface area contributed by atoms with E-state index >= 15 is 0 Å². The summed E-state index contributed by atoms with van der Waals surface area (Å²) in [7, 11) is 4.51. The highest BCUT2D eigenvalue weighted by Crippen LogP contribution is 2.39. The van der Waals surface area contributed by atoms with Crippen LogP contribution in [0.4, 0.5) is 5.69 Å². The van der Waals surface area contributed by atoms with E-state index in [1.807, 2.05) is 6.07 Å². The minimum atomic E-state index is -0.223. The van der Waals surface area contributed by atoms with Crippen molar-refractivity contribution < 1.29 is 23.8 Å². The number of fused-ring (bicyclic) bond motifs is 1. The minimum absolute atomic E-state index is 0.0459. The Kier molecular flexibility index (Phi) is 4.61. The average Bonchev–Trinajstić information content (AvgIpc) is 2.66. The molecular weight excluding hydrogens is 322 g/mol. The molecule has 3 rings (SSSR count). The van der Waals surface area contributed by atoms with E-state index < -0.39 is 0 Å². The third kappa shape index (κ3) is 2.91. The Morgan fingerprint density at radius 2 is 1.64 bits per heavy atom. The average molecular weight is 341 g/mol. The molecule has 1 aliphatic rings. The molecule has 0 radical (unpaired) electrons. The summed E-state index contributed by atoms with van der Waals surface area (Å²) in [6, 6.07) is 10.4. The molecule has 0 spiro atoms. The van der Waals surface area contributed by atoms with Crippen molar-refractivity contribution in [3.8, 4) is 17.2 Å². The molecule has 6 heteroatoms. The minimum Gasteiger partial charge on any atom is -0.493 e. The first-order valence-electron chi connectivity index (χ1n) is 7.84. The summed E-state index contributed by atoms with van der Waals surface area (Å²) in [6.07, 6.45) is 0.299. The number of Topliss-reactive ketones (excluding diaryl/α,β-unsaturated/α-hetero) is 1. The van der Waals surface area contributed by atoms with E-state index in [-0.39, 0.29) is 11.7 Å². The van der Waals surface area contributed by atoms with Crippen LogP contribution in [0.3, 0.4) is 0 Å². The van der Waals surface area contributed by atoms with Crippen LogP contribution in [-0.4, -0.2) is 39.6 Å². The predicted molar refractivity (Wildman–Crippen MR) is 93.2 cm³/mol. The van der Waals surface area contributed by atoms with Crippen molar-refractivity contribution in [2.45, 2.75) is 6.42 Å². The molecule has 0 saturated carbocycles. The summed E-state index contributed by atoms with van der Waals surface area (Å²) in [5.41, 5.74) is 1.59. The van der Waals surface area contributed by atoms with E-state index in [9.17, 15) is 9.59 Å². The zero-order valence-corrected chi connectivity index (χ0v) is 14.4. The van der Waals surface area contributed by atoms with Crippen LogP contribution >= 0.6 is 0 Å². The van der Waals surface area contributed by atoms with Crippen molar-refractivity contribution in [2.24, 2.45) is 0 Å². The van der Waals surface area contributed by atoms with Gasteiger partial charge in [0.1, 0.15) is 0 Å². The summed E-state index contributed by atoms with van der Waals surface area (Å²) in [5.74, 6) is 1.07. The Labute approximate surface area is 145 Å². The van der Waals surface area contributed by atoms with Gasteiger partial charge in [-0.3, -0.25) is 9.59 Å². The molecule has 1 aliphatic heterocycles. The van der Waals surface area contributed by atoms with Gasteiger partial charge in [-0.1, -0.05) is 12.1 Å². The third-order valence-corrected chi connectivity index (χ3v) is 4.21. The second kappa shape index (κ2) is 6.84. The van der Waals surface area contributed by atoms with Gasteiger partial charge in [-0.05, 0) is 24.3 Å². The van der Waals surface area contributed by atoms with E-state index in [1.54, 1.807) is 35.2 Å². The fraction of sp³-hybridized carbons (Fsp3) is 0.263. The number of ketones is 1. The highest BCUT2D eigenvalue weighted by molar-refractivity contribution is 6.13. The van der Waals surface area contributed by atoms with Gasteiger partial charge in [0.15, 0.2) is 17.3 Å². The Bertz CT molecular complexity index is 805. The summed E-state index contributed by atoms with van der Waals surface area (Å²) in [4.78, 5) is 26.8. The Morgan fingerprint density at radius 1 is 1.00 bits per heavy atom. The molecule has 0 bridgehead atoms. The van der Waals surface area contributed by atoms with Crippen LogP contribution in [0.25, 0.3) is 0 Å². The number of anilines is 1. The smallest absolute Gasteiger partial charge is 0.258 e. The lowest BCUT2D eigenvalue weighted by molar-refractivity contribution is 0.0954. The van der Waals surface area contributed by atoms with Crippen molar-refractivity contribution in [3.63, 3.8) is 0 Å². The molecule has 6 nitrogen and oxygen atoms in total. The molecular formula is C19H19NO5. The molecule has 130 valence electrons. The number of para-hydroxylation sites is 1. The van der Waals surface area contributed by atoms with Crippen molar-refractivity contribution in [3.05, 3.63) is 47.5 Å². The van der Waals surface area contributed by atoms with E-state index in [0.29, 0.717) is 47.0 Å². The first kappa shape index (κ1) is 16.8. The lowest BCUT2D eigenvalue weighted by Gasteiger charge is -2.29. The monoisotopic (exact) mass is 341 g/mol. The lowest BCUT2D eigenvalue weighted by Crippen LogP contribution is -2.37. The number of methoxy groups -OCH3 is 3. The first-order valence-corrected chi connectivity index (χ1v) is 7.84. The maximum Gasteiger partial charge on any atom is 0.258 e. The van der Waals surface area contributed by atoms with Gasteiger partial charge in [-0.25, -0.2) is 0 Å². The van der Waals surface area contributed by atoms with Crippen molar-refractivity contribution in [1.82, 2.24) is 0 Å². The lowest BCUT2D eigenvalue weighted by atomic mass is 9.99. The third-order valence-electron chi connectivity index (χ3n) is 4.21. The van der Waals surface area contributed by atoms with Gasteiger partial charge in [-0.2, -0.15) is 0 Å². The maximum atomic E-state index is 13.1. The molecule has 2 aromatic carbocycles. The van der Waals surface area contributed by atoms with Crippen LogP contribution in [0.1, 0.15) is 27.1 Å². The molecule has 0 aliphatic carbocycles. The first-order chi connectivity index (χ1) is 12.1. The normalized spacial score (nSPS) is 13.2. The molecule has 25 heavy (non-hydrogen) atoms. The Balaban J connectivity index is 2.05. The number of rotatable bonds is 4. The molecule has 1 amide bonds. The molecule has 0 N–H and O–H groups in total. The summed E-state index contributed by atoms with van der Waals surface area (Å²) in [6.45, 7) is 0.339. The van der Waals surface area contributed by atoms with Gasteiger partial charge in [0.05, 0.1) is 27.0 Å². The maximum absolute atomic E-state index is 13.1. The van der Waals surface area contributed by atoms with Gasteiger partial charge >= 0.3 is 0 Å². The standard InChI is InChI=1S/C19H19NO5/c1-23-16-10-12(11-17(24-2)18(16)25-3)19(22)20-9-8-15(21)13-6-4-5-7-14(13)20/h4-7,10-11H,8-9H2,1-3H3. The largest absolute Gasteiger partial charge is 0.493 e. The highest BCUT2D eigenvalue weighted by atomic mass is 16.5. The predicted octanol–water partition coefficient (Wildman–Crippen LogP) is 2.95. The van der Waals surface area contributed by atoms with Crippen LogP contribution in [0.2, 0.25) is 0 Å². The van der Waals surface area contributed by atoms with Gasteiger partial charge < -0.3 is 19.1 Å². The number of benzene rings is 2. The molecule has 2 aromatic rings. The molecule has 0 saturated heterocycles. The van der Waals surface area contributed by atoms with Crippen molar-refractivity contribution >= 4 is 17.4 Å². The van der Waals surface area contributed by atoms with Gasteiger partial charge in [0, 0.05) is 24.1 Å². The van der Waals surface area contributed by atoms with Crippen molar-refractivity contribution in [1.29, 1.82) is 0 Å². The fourth-order valence-corrected chi connectivity index (χ4v) is 2.98. The number of ether oxygens (including phenoxy) is 3. The van der Waals surface area contributed by atoms with E-state index in [4.69, 9.17) is 14.2 Å². The fourth-order valence-electron chi connectivity index (χ4n) is 2.98. The van der Waals surface area contributed by atoms with E-state index in [2.05, 4.69) is 0 Å². The molecule has 0 atom stereocenters. The topological polar surface area (TPSA) is 65.1 Å². The highest BCUT2D eigenvalue weighted by Gasteiger charge is 2.29. The second-order valence-electron chi connectivity index (χ2n) is 5.56. The van der Waals surface area contributed by atoms with Crippen molar-refractivity contribution in [2.75, 3.05) is 32.8 Å². The summed E-state index contributed by atoms with van der Waals surface area (Å²) >= 11 is 0. The van der Waals surface area contributed by atoms with Gasteiger partial charge in [-0.15, -0.1) is 0 Å². The number of carbonyl (C=O) groups is 2. The number of hydrogen-bond donors (Lipinski definition) is 0.